The van der Waals surface area contributed by atoms with Crippen molar-refractivity contribution in [2.45, 2.75) is 90.0 Å². The average Bonchev–Trinajstić information content (AvgIpc) is 3.33. The van der Waals surface area contributed by atoms with Gasteiger partial charge in [0.1, 0.15) is 29.5 Å². The average molecular weight is 948 g/mol. The topological polar surface area (TPSA) is 206 Å². The van der Waals surface area contributed by atoms with Crippen LogP contribution in [0.5, 0.6) is 5.75 Å². The van der Waals surface area contributed by atoms with Crippen LogP contribution < -0.4 is 30.7 Å². The number of anilines is 2. The van der Waals surface area contributed by atoms with Gasteiger partial charge in [-0.15, -0.1) is 5.10 Å². The molecule has 1 unspecified atom stereocenters. The van der Waals surface area contributed by atoms with E-state index in [2.05, 4.69) is 69.4 Å². The number of piperazine rings is 1. The van der Waals surface area contributed by atoms with E-state index in [1.165, 1.54) is 0 Å². The number of rotatable bonds is 10. The molecule has 4 saturated heterocycles. The zero-order valence-electron chi connectivity index (χ0n) is 39.0. The molecule has 9 rings (SSSR count). The predicted molar refractivity (Wildman–Crippen MR) is 255 cm³/mol. The number of carbonyl (C=O) groups excluding carboxylic acids is 4. The Labute approximate surface area is 400 Å². The van der Waals surface area contributed by atoms with Crippen molar-refractivity contribution in [1.82, 2.24) is 35.4 Å². The van der Waals surface area contributed by atoms with E-state index in [-0.39, 0.29) is 59.5 Å². The number of nitrogens with zero attached hydrogens (tertiary/aromatic N) is 8. The van der Waals surface area contributed by atoms with Gasteiger partial charge in [0.25, 0.3) is 17.4 Å². The normalized spacial score (nSPS) is 23.9. The Kier molecular flexibility index (Phi) is 12.7. The number of hydrogen-bond donors (Lipinski definition) is 3. The molecule has 4 amide bonds. The van der Waals surface area contributed by atoms with E-state index in [0.717, 1.165) is 42.2 Å². The molecule has 0 radical (unpaired) electrons. The third-order valence-electron chi connectivity index (χ3n) is 15.2. The van der Waals surface area contributed by atoms with Crippen LogP contribution in [0.3, 0.4) is 0 Å². The van der Waals surface area contributed by atoms with Gasteiger partial charge in [0.2, 0.25) is 11.8 Å². The predicted octanol–water partition coefficient (Wildman–Crippen LogP) is 4.30. The van der Waals surface area contributed by atoms with Gasteiger partial charge in [-0.2, -0.15) is 9.94 Å². The largest absolute Gasteiger partial charge is 0.489 e. The van der Waals surface area contributed by atoms with Crippen molar-refractivity contribution in [1.29, 1.82) is 5.26 Å². The van der Waals surface area contributed by atoms with Gasteiger partial charge in [0, 0.05) is 111 Å². The van der Waals surface area contributed by atoms with Gasteiger partial charge in [0.05, 0.1) is 21.6 Å². The minimum atomic E-state index is -0.897. The highest BCUT2D eigenvalue weighted by molar-refractivity contribution is 6.31. The lowest BCUT2D eigenvalue weighted by molar-refractivity contribution is -0.164. The molecule has 0 spiro atoms. The number of ether oxygens (including phenoxy) is 1. The molecule has 17 nitrogen and oxygen atoms in total. The number of aliphatic hydroxyl groups is 1. The molecule has 1 aromatic heterocycles. The molecule has 5 heterocycles. The highest BCUT2D eigenvalue weighted by Gasteiger charge is 2.64. The van der Waals surface area contributed by atoms with Crippen LogP contribution in [0.2, 0.25) is 5.02 Å². The molecule has 4 aliphatic heterocycles. The van der Waals surface area contributed by atoms with Crippen molar-refractivity contribution in [2.75, 3.05) is 68.7 Å². The van der Waals surface area contributed by atoms with Gasteiger partial charge in [0.15, 0.2) is 0 Å². The number of imide groups is 1. The summed E-state index contributed by atoms with van der Waals surface area (Å²) in [6.45, 7) is 14.3. The fourth-order valence-electron chi connectivity index (χ4n) is 11.5. The first-order chi connectivity index (χ1) is 32.4. The molecule has 1 atom stereocenters. The summed E-state index contributed by atoms with van der Waals surface area (Å²) in [6.07, 6.45) is 2.48. The van der Waals surface area contributed by atoms with E-state index < -0.39 is 23.1 Å². The van der Waals surface area contributed by atoms with Crippen LogP contribution >= 0.6 is 11.6 Å². The number of nitrogens with one attached hydrogen (secondary N) is 2. The summed E-state index contributed by atoms with van der Waals surface area (Å²) in [5, 5.41) is 35.3. The highest BCUT2D eigenvalue weighted by atomic mass is 35.5. The van der Waals surface area contributed by atoms with Crippen molar-refractivity contribution in [2.24, 2.45) is 16.7 Å². The maximum absolute atomic E-state index is 13.7. The number of aromatic nitrogens is 3. The molecule has 5 fully saturated rings. The summed E-state index contributed by atoms with van der Waals surface area (Å²) in [5.74, 6) is -0.481. The number of hydrogen-bond acceptors (Lipinski definition) is 13. The van der Waals surface area contributed by atoms with Crippen molar-refractivity contribution in [3.05, 3.63) is 87.2 Å². The Bertz CT molecular complexity index is 2700. The van der Waals surface area contributed by atoms with E-state index in [0.29, 0.717) is 91.2 Å². The van der Waals surface area contributed by atoms with Crippen molar-refractivity contribution >= 4 is 57.5 Å². The van der Waals surface area contributed by atoms with E-state index in [1.807, 2.05) is 35.2 Å². The number of fused-ring (bicyclic) bond motifs is 1. The van der Waals surface area contributed by atoms with Gasteiger partial charge in [-0.1, -0.05) is 44.5 Å². The van der Waals surface area contributed by atoms with E-state index in [4.69, 9.17) is 16.3 Å². The Hall–Kier alpha value is -6.09. The number of likely N-dealkylation sites (tertiary alicyclic amines) is 1. The van der Waals surface area contributed by atoms with Gasteiger partial charge >= 0.3 is 0 Å². The number of piperidine rings is 3. The van der Waals surface area contributed by atoms with Gasteiger partial charge in [-0.25, -0.2) is 0 Å². The summed E-state index contributed by atoms with van der Waals surface area (Å²) < 4.78 is 7.45. The van der Waals surface area contributed by atoms with Crippen molar-refractivity contribution in [3.8, 4) is 11.8 Å². The number of β-amino-alcohol motifs (C(OH)–C–C–N with tert-alkyl or cyclic N) is 1. The zero-order chi connectivity index (χ0) is 48.1. The second-order valence-corrected chi connectivity index (χ2v) is 20.8. The fourth-order valence-corrected chi connectivity index (χ4v) is 11.7. The van der Waals surface area contributed by atoms with Crippen LogP contribution in [0, 0.1) is 28.1 Å². The lowest BCUT2D eigenvalue weighted by Gasteiger charge is -2.63. The third kappa shape index (κ3) is 9.13. The second-order valence-electron chi connectivity index (χ2n) is 20.4. The second kappa shape index (κ2) is 18.4. The third-order valence-corrected chi connectivity index (χ3v) is 15.5. The molecule has 358 valence electrons. The number of halogens is 1. The lowest BCUT2D eigenvalue weighted by atomic mass is 9.49. The zero-order valence-corrected chi connectivity index (χ0v) is 39.8. The van der Waals surface area contributed by atoms with Gasteiger partial charge in [-0.3, -0.25) is 34.2 Å². The van der Waals surface area contributed by atoms with Gasteiger partial charge < -0.3 is 29.9 Å². The number of carbonyl (C=O) groups is 4. The van der Waals surface area contributed by atoms with E-state index in [1.54, 1.807) is 30.3 Å². The molecular weight excluding hydrogens is 888 g/mol. The number of benzene rings is 3. The standard InChI is InChI=1S/C50H59ClN10O7/c1-48(2)46(49(3,4)47(48)68-36-11-7-33(29-52)38(51)28-36)54-42(63)31-5-8-34(9-6-31)59-25-23-57(24-26-59)30-50(67)17-21-60(22-18-50)44(65)32-15-19-58(20-16-32)35-10-12-39-37(27-35)45(66)61(56-55-39)40-13-14-41(62)53-43(40)64/h5-12,27-28,32,40,46-47,67H,13-26,30H2,1-4H3,(H,54,63)(H,53,62,64). The maximum atomic E-state index is 13.7. The van der Waals surface area contributed by atoms with Crippen LogP contribution in [0.15, 0.2) is 65.5 Å². The molecular formula is C50H59ClN10O7. The summed E-state index contributed by atoms with van der Waals surface area (Å²) in [4.78, 5) is 73.5. The van der Waals surface area contributed by atoms with Crippen molar-refractivity contribution in [3.63, 3.8) is 0 Å². The Morgan fingerprint density at radius 2 is 1.53 bits per heavy atom. The monoisotopic (exact) mass is 946 g/mol. The molecule has 3 N–H and O–H groups in total. The minimum absolute atomic E-state index is 0.122. The molecule has 1 aliphatic carbocycles. The first-order valence-corrected chi connectivity index (χ1v) is 24.1. The van der Waals surface area contributed by atoms with Crippen LogP contribution in [-0.4, -0.2) is 130 Å². The molecule has 68 heavy (non-hydrogen) atoms. The summed E-state index contributed by atoms with van der Waals surface area (Å²) in [5.41, 5.74) is 1.20. The maximum Gasteiger partial charge on any atom is 0.278 e. The molecule has 0 bridgehead atoms. The van der Waals surface area contributed by atoms with Crippen LogP contribution in [0.4, 0.5) is 11.4 Å². The Morgan fingerprint density at radius 3 is 2.18 bits per heavy atom. The summed E-state index contributed by atoms with van der Waals surface area (Å²) in [6, 6.07) is 19.2. The van der Waals surface area contributed by atoms with Crippen LogP contribution in [0.25, 0.3) is 10.9 Å². The molecule has 1 saturated carbocycles. The highest BCUT2D eigenvalue weighted by Crippen LogP contribution is 2.55. The van der Waals surface area contributed by atoms with Gasteiger partial charge in [-0.05, 0) is 86.7 Å². The van der Waals surface area contributed by atoms with Crippen molar-refractivity contribution < 1.29 is 29.0 Å². The summed E-state index contributed by atoms with van der Waals surface area (Å²) >= 11 is 6.26. The Morgan fingerprint density at radius 1 is 0.868 bits per heavy atom. The lowest BCUT2D eigenvalue weighted by Crippen LogP contribution is -2.74. The molecule has 18 heteroatoms. The smallest absolute Gasteiger partial charge is 0.278 e. The summed E-state index contributed by atoms with van der Waals surface area (Å²) in [7, 11) is 0. The van der Waals surface area contributed by atoms with Crippen LogP contribution in [-0.2, 0) is 14.4 Å². The quantitative estimate of drug-likeness (QED) is 0.190. The number of nitriles is 1. The molecule has 4 aromatic rings. The Balaban J connectivity index is 0.711. The molecule has 3 aromatic carbocycles. The SMILES string of the molecule is CC1(C)C(NC(=O)c2ccc(N3CCN(CC4(O)CCN(C(=O)C5CCN(c6ccc7nnn(C8CCC(=O)NC8=O)c(=O)c7c6)CC5)CC4)CC3)cc2)C(C)(C)C1Oc1ccc(C#N)c(Cl)c1. The first-order valence-electron chi connectivity index (χ1n) is 23.7. The number of amides is 4. The van der Waals surface area contributed by atoms with E-state index >= 15 is 0 Å². The van der Waals surface area contributed by atoms with E-state index in [9.17, 15) is 34.3 Å². The minimum Gasteiger partial charge on any atom is -0.489 e. The fraction of sp³-hybridized carbons (Fsp3) is 0.520. The first kappa shape index (κ1) is 47.0. The molecule has 5 aliphatic rings. The van der Waals surface area contributed by atoms with Crippen LogP contribution in [0.1, 0.15) is 88.2 Å².